The maximum Gasteiger partial charge on any atom is 0.225 e. The van der Waals surface area contributed by atoms with Crippen molar-refractivity contribution in [3.8, 4) is 0 Å². The van der Waals surface area contributed by atoms with Crippen molar-refractivity contribution in [1.29, 1.82) is 0 Å². The van der Waals surface area contributed by atoms with Gasteiger partial charge in [0.15, 0.2) is 9.84 Å². The fourth-order valence-electron chi connectivity index (χ4n) is 2.63. The molecule has 2 aliphatic heterocycles. The SMILES string of the molecule is CS(=O)(=O)N1CCC(C(=O)N2CCS(=O)(=O)CC2)CC1. The number of rotatable bonds is 2. The zero-order chi connectivity index (χ0) is 15.0. The molecule has 0 aromatic heterocycles. The third-order valence-electron chi connectivity index (χ3n) is 3.93. The summed E-state index contributed by atoms with van der Waals surface area (Å²) in [6, 6.07) is 0. The molecule has 2 aliphatic rings. The molecule has 0 aromatic carbocycles. The van der Waals surface area contributed by atoms with E-state index in [1.807, 2.05) is 0 Å². The van der Waals surface area contributed by atoms with Crippen LogP contribution in [-0.2, 0) is 24.7 Å². The van der Waals surface area contributed by atoms with Crippen LogP contribution >= 0.6 is 0 Å². The van der Waals surface area contributed by atoms with E-state index in [1.54, 1.807) is 4.90 Å². The Morgan fingerprint density at radius 3 is 2.00 bits per heavy atom. The Bertz CT molecular complexity index is 562. The second-order valence-electron chi connectivity index (χ2n) is 5.41. The first-order chi connectivity index (χ1) is 9.19. The maximum absolute atomic E-state index is 12.3. The predicted octanol–water partition coefficient (Wildman–Crippen LogP) is -1.08. The number of hydrogen-bond acceptors (Lipinski definition) is 5. The highest BCUT2D eigenvalue weighted by Gasteiger charge is 2.33. The molecule has 0 saturated carbocycles. The normalized spacial score (nSPS) is 25.6. The van der Waals surface area contributed by atoms with Crippen molar-refractivity contribution < 1.29 is 21.6 Å². The Hall–Kier alpha value is -0.670. The summed E-state index contributed by atoms with van der Waals surface area (Å²) >= 11 is 0. The minimum absolute atomic E-state index is 0.0287. The lowest BCUT2D eigenvalue weighted by Gasteiger charge is -2.34. The van der Waals surface area contributed by atoms with E-state index in [0.29, 0.717) is 25.9 Å². The lowest BCUT2D eigenvalue weighted by Crippen LogP contribution is -2.48. The molecule has 0 aliphatic carbocycles. The van der Waals surface area contributed by atoms with E-state index in [9.17, 15) is 21.6 Å². The quantitative estimate of drug-likeness (QED) is 0.644. The van der Waals surface area contributed by atoms with Gasteiger partial charge >= 0.3 is 0 Å². The van der Waals surface area contributed by atoms with Crippen LogP contribution in [0.3, 0.4) is 0 Å². The molecule has 20 heavy (non-hydrogen) atoms. The molecular weight excluding hydrogens is 304 g/mol. The molecule has 2 fully saturated rings. The number of carbonyl (C=O) groups is 1. The average molecular weight is 324 g/mol. The monoisotopic (exact) mass is 324 g/mol. The standard InChI is InChI=1S/C11H20N2O5S2/c1-19(15,16)13-4-2-10(3-5-13)11(14)12-6-8-20(17,18)9-7-12/h10H,2-9H2,1H3. The molecule has 7 nitrogen and oxygen atoms in total. The molecule has 0 spiro atoms. The Kier molecular flexibility index (Phi) is 4.41. The molecule has 9 heteroatoms. The number of amides is 1. The molecule has 0 atom stereocenters. The first kappa shape index (κ1) is 15.7. The number of carbonyl (C=O) groups excluding carboxylic acids is 1. The van der Waals surface area contributed by atoms with E-state index in [0.717, 1.165) is 0 Å². The molecule has 2 heterocycles. The first-order valence-corrected chi connectivity index (χ1v) is 10.3. The van der Waals surface area contributed by atoms with Gasteiger partial charge in [-0.3, -0.25) is 4.79 Å². The molecule has 1 amide bonds. The van der Waals surface area contributed by atoms with E-state index in [1.165, 1.54) is 10.6 Å². The van der Waals surface area contributed by atoms with E-state index in [2.05, 4.69) is 0 Å². The fraction of sp³-hybridized carbons (Fsp3) is 0.909. The van der Waals surface area contributed by atoms with Gasteiger partial charge in [-0.05, 0) is 12.8 Å². The zero-order valence-electron chi connectivity index (χ0n) is 11.5. The van der Waals surface area contributed by atoms with E-state index >= 15 is 0 Å². The van der Waals surface area contributed by atoms with Gasteiger partial charge in [-0.15, -0.1) is 0 Å². The van der Waals surface area contributed by atoms with Gasteiger partial charge in [-0.25, -0.2) is 21.1 Å². The Morgan fingerprint density at radius 2 is 1.55 bits per heavy atom. The van der Waals surface area contributed by atoms with Crippen LogP contribution in [-0.4, -0.2) is 75.9 Å². The van der Waals surface area contributed by atoms with Crippen LogP contribution in [0.15, 0.2) is 0 Å². The van der Waals surface area contributed by atoms with Gasteiger partial charge in [0, 0.05) is 32.1 Å². The van der Waals surface area contributed by atoms with Crippen LogP contribution in [0, 0.1) is 5.92 Å². The Balaban J connectivity index is 1.90. The van der Waals surface area contributed by atoms with Gasteiger partial charge in [0.25, 0.3) is 0 Å². The summed E-state index contributed by atoms with van der Waals surface area (Å²) in [5, 5.41) is 0. The summed E-state index contributed by atoms with van der Waals surface area (Å²) in [7, 11) is -6.18. The average Bonchev–Trinajstić information content (AvgIpc) is 2.37. The highest BCUT2D eigenvalue weighted by Crippen LogP contribution is 2.22. The second kappa shape index (κ2) is 5.61. The Labute approximate surface area is 119 Å². The molecule has 2 saturated heterocycles. The molecule has 0 aromatic rings. The fourth-order valence-corrected chi connectivity index (χ4v) is 4.70. The largest absolute Gasteiger partial charge is 0.340 e. The molecule has 0 bridgehead atoms. The van der Waals surface area contributed by atoms with Gasteiger partial charge < -0.3 is 4.90 Å². The third-order valence-corrected chi connectivity index (χ3v) is 6.84. The van der Waals surface area contributed by atoms with E-state index in [-0.39, 0.29) is 36.4 Å². The summed E-state index contributed by atoms with van der Waals surface area (Å²) in [4.78, 5) is 13.9. The van der Waals surface area contributed by atoms with Crippen LogP contribution in [0.5, 0.6) is 0 Å². The number of nitrogens with zero attached hydrogens (tertiary/aromatic N) is 2. The smallest absolute Gasteiger partial charge is 0.225 e. The van der Waals surface area contributed by atoms with Gasteiger partial charge in [0.1, 0.15) is 0 Å². The summed E-state index contributed by atoms with van der Waals surface area (Å²) in [6.45, 7) is 1.24. The van der Waals surface area contributed by atoms with Crippen LogP contribution < -0.4 is 0 Å². The summed E-state index contributed by atoms with van der Waals surface area (Å²) in [5.74, 6) is -0.163. The minimum Gasteiger partial charge on any atom is -0.340 e. The number of sulfonamides is 1. The van der Waals surface area contributed by atoms with E-state index in [4.69, 9.17) is 0 Å². The molecule has 0 N–H and O–H groups in total. The lowest BCUT2D eigenvalue weighted by atomic mass is 9.96. The van der Waals surface area contributed by atoms with Crippen molar-refractivity contribution in [2.45, 2.75) is 12.8 Å². The first-order valence-electron chi connectivity index (χ1n) is 6.63. The lowest BCUT2D eigenvalue weighted by molar-refractivity contribution is -0.136. The number of piperidine rings is 1. The number of hydrogen-bond donors (Lipinski definition) is 0. The van der Waals surface area contributed by atoms with Gasteiger partial charge in [-0.1, -0.05) is 0 Å². The van der Waals surface area contributed by atoms with E-state index < -0.39 is 19.9 Å². The number of sulfone groups is 1. The summed E-state index contributed by atoms with van der Waals surface area (Å²) in [5.41, 5.74) is 0. The molecule has 0 unspecified atom stereocenters. The second-order valence-corrected chi connectivity index (χ2v) is 9.70. The predicted molar refractivity (Wildman–Crippen MR) is 74.4 cm³/mol. The topological polar surface area (TPSA) is 91.8 Å². The minimum atomic E-state index is -3.19. The molecule has 0 radical (unpaired) electrons. The van der Waals surface area contributed by atoms with Gasteiger partial charge in [0.05, 0.1) is 17.8 Å². The van der Waals surface area contributed by atoms with Crippen LogP contribution in [0.25, 0.3) is 0 Å². The maximum atomic E-state index is 12.3. The summed E-state index contributed by atoms with van der Waals surface area (Å²) in [6.07, 6.45) is 2.19. The third kappa shape index (κ3) is 3.70. The molecule has 116 valence electrons. The van der Waals surface area contributed by atoms with Crippen LogP contribution in [0.1, 0.15) is 12.8 Å². The van der Waals surface area contributed by atoms with Gasteiger partial charge in [-0.2, -0.15) is 0 Å². The summed E-state index contributed by atoms with van der Waals surface area (Å²) < 4.78 is 46.9. The highest BCUT2D eigenvalue weighted by molar-refractivity contribution is 7.91. The molecular formula is C11H20N2O5S2. The van der Waals surface area contributed by atoms with Crippen molar-refractivity contribution in [3.63, 3.8) is 0 Å². The van der Waals surface area contributed by atoms with Gasteiger partial charge in [0.2, 0.25) is 15.9 Å². The van der Waals surface area contributed by atoms with Crippen molar-refractivity contribution in [3.05, 3.63) is 0 Å². The Morgan fingerprint density at radius 1 is 1.05 bits per heavy atom. The zero-order valence-corrected chi connectivity index (χ0v) is 13.1. The van der Waals surface area contributed by atoms with Crippen molar-refractivity contribution in [2.75, 3.05) is 43.9 Å². The van der Waals surface area contributed by atoms with Crippen molar-refractivity contribution >= 4 is 25.8 Å². The van der Waals surface area contributed by atoms with Crippen LogP contribution in [0.4, 0.5) is 0 Å². The van der Waals surface area contributed by atoms with Crippen LogP contribution in [0.2, 0.25) is 0 Å². The van der Waals surface area contributed by atoms with Crippen molar-refractivity contribution in [1.82, 2.24) is 9.21 Å². The van der Waals surface area contributed by atoms with Crippen molar-refractivity contribution in [2.24, 2.45) is 5.92 Å². The molecule has 2 rings (SSSR count). The highest BCUT2D eigenvalue weighted by atomic mass is 32.2.